The minimum atomic E-state index is -0.245. The van der Waals surface area contributed by atoms with Crippen LogP contribution in [0, 0.1) is 0 Å². The predicted molar refractivity (Wildman–Crippen MR) is 101 cm³/mol. The zero-order chi connectivity index (χ0) is 17.9. The number of fused-ring (bicyclic) bond motifs is 2. The highest BCUT2D eigenvalue weighted by atomic mass is 16.5. The highest BCUT2D eigenvalue weighted by Crippen LogP contribution is 2.30. The largest absolute Gasteiger partial charge is 0.491 e. The van der Waals surface area contributed by atoms with Crippen molar-refractivity contribution in [3.8, 4) is 5.75 Å². The van der Waals surface area contributed by atoms with Gasteiger partial charge in [-0.1, -0.05) is 42.5 Å². The summed E-state index contributed by atoms with van der Waals surface area (Å²) in [6.07, 6.45) is 0.248. The van der Waals surface area contributed by atoms with Crippen molar-refractivity contribution in [2.75, 3.05) is 23.4 Å². The number of benzene rings is 3. The van der Waals surface area contributed by atoms with Crippen LogP contribution < -0.4 is 15.0 Å². The monoisotopic (exact) mass is 346 g/mol. The number of hydrogen-bond donors (Lipinski definition) is 1. The molecule has 0 saturated heterocycles. The summed E-state index contributed by atoms with van der Waals surface area (Å²) < 4.78 is 5.60. The van der Waals surface area contributed by atoms with E-state index in [0.29, 0.717) is 23.7 Å². The molecule has 3 aromatic rings. The van der Waals surface area contributed by atoms with Gasteiger partial charge in [-0.3, -0.25) is 14.5 Å². The van der Waals surface area contributed by atoms with Crippen LogP contribution in [-0.4, -0.2) is 25.0 Å². The zero-order valence-corrected chi connectivity index (χ0v) is 14.1. The fourth-order valence-electron chi connectivity index (χ4n) is 3.10. The standard InChI is InChI=1S/C21H18N2O3/c24-20(22-17-10-9-15-5-1-2-6-16(15)13-17)14-23-18-7-3-4-8-19(18)26-12-11-21(23)25/h1-10,13H,11-12,14H2,(H,22,24). The molecule has 4 rings (SSSR count). The number of nitrogens with zero attached hydrogens (tertiary/aromatic N) is 1. The van der Waals surface area contributed by atoms with Gasteiger partial charge in [0.1, 0.15) is 12.3 Å². The molecule has 0 bridgehead atoms. The molecule has 2 amide bonds. The summed E-state index contributed by atoms with van der Waals surface area (Å²) in [5.74, 6) is 0.255. The normalized spacial score (nSPS) is 13.7. The third-order valence-corrected chi connectivity index (χ3v) is 4.37. The van der Waals surface area contributed by atoms with Crippen LogP contribution in [0.4, 0.5) is 11.4 Å². The quantitative estimate of drug-likeness (QED) is 0.788. The van der Waals surface area contributed by atoms with Crippen molar-refractivity contribution < 1.29 is 14.3 Å². The Morgan fingerprint density at radius 1 is 1.00 bits per heavy atom. The van der Waals surface area contributed by atoms with Gasteiger partial charge < -0.3 is 10.1 Å². The molecule has 0 unspecified atom stereocenters. The lowest BCUT2D eigenvalue weighted by Gasteiger charge is -2.21. The summed E-state index contributed by atoms with van der Waals surface area (Å²) in [5, 5.41) is 5.04. The average Bonchev–Trinajstić information content (AvgIpc) is 2.81. The van der Waals surface area contributed by atoms with Crippen molar-refractivity contribution >= 4 is 34.0 Å². The predicted octanol–water partition coefficient (Wildman–Crippen LogP) is 3.59. The second-order valence-electron chi connectivity index (χ2n) is 6.16. The molecule has 0 saturated carbocycles. The van der Waals surface area contributed by atoms with Gasteiger partial charge in [-0.15, -0.1) is 0 Å². The van der Waals surface area contributed by atoms with Crippen LogP contribution in [-0.2, 0) is 9.59 Å². The maximum Gasteiger partial charge on any atom is 0.244 e. The number of hydrogen-bond acceptors (Lipinski definition) is 3. The molecule has 0 aromatic heterocycles. The van der Waals surface area contributed by atoms with Crippen LogP contribution in [0.5, 0.6) is 5.75 Å². The van der Waals surface area contributed by atoms with Gasteiger partial charge in [0, 0.05) is 5.69 Å². The summed E-state index contributed by atoms with van der Waals surface area (Å²) >= 11 is 0. The Hall–Kier alpha value is -3.34. The Kier molecular flexibility index (Phi) is 4.27. The molecule has 0 spiro atoms. The Labute approximate surface area is 151 Å². The zero-order valence-electron chi connectivity index (χ0n) is 14.1. The molecule has 1 aliphatic rings. The highest BCUT2D eigenvalue weighted by Gasteiger charge is 2.25. The molecule has 5 heteroatoms. The minimum absolute atomic E-state index is 0.0496. The van der Waals surface area contributed by atoms with Gasteiger partial charge in [-0.25, -0.2) is 0 Å². The van der Waals surface area contributed by atoms with E-state index in [1.54, 1.807) is 6.07 Å². The van der Waals surface area contributed by atoms with Crippen LogP contribution in [0.25, 0.3) is 10.8 Å². The van der Waals surface area contributed by atoms with Gasteiger partial charge in [0.05, 0.1) is 18.7 Å². The summed E-state index contributed by atoms with van der Waals surface area (Å²) in [6.45, 7) is 0.269. The highest BCUT2D eigenvalue weighted by molar-refractivity contribution is 6.04. The van der Waals surface area contributed by atoms with Gasteiger partial charge in [-0.05, 0) is 35.0 Å². The molecule has 26 heavy (non-hydrogen) atoms. The van der Waals surface area contributed by atoms with Gasteiger partial charge in [0.2, 0.25) is 11.8 Å². The Balaban J connectivity index is 1.54. The van der Waals surface area contributed by atoms with Crippen molar-refractivity contribution in [1.82, 2.24) is 0 Å². The minimum Gasteiger partial charge on any atom is -0.491 e. The van der Waals surface area contributed by atoms with Crippen LogP contribution in [0.3, 0.4) is 0 Å². The number of rotatable bonds is 3. The van der Waals surface area contributed by atoms with Crippen LogP contribution >= 0.6 is 0 Å². The molecule has 0 atom stereocenters. The molecule has 5 nitrogen and oxygen atoms in total. The first kappa shape index (κ1) is 16.1. The van der Waals surface area contributed by atoms with E-state index in [4.69, 9.17) is 4.74 Å². The van der Waals surface area contributed by atoms with Crippen LogP contribution in [0.1, 0.15) is 6.42 Å². The number of anilines is 2. The topological polar surface area (TPSA) is 58.6 Å². The van der Waals surface area contributed by atoms with Crippen LogP contribution in [0.2, 0.25) is 0 Å². The van der Waals surface area contributed by atoms with Gasteiger partial charge >= 0.3 is 0 Å². The second-order valence-corrected chi connectivity index (χ2v) is 6.16. The average molecular weight is 346 g/mol. The van der Waals surface area contributed by atoms with Crippen molar-refractivity contribution in [3.63, 3.8) is 0 Å². The Morgan fingerprint density at radius 2 is 1.77 bits per heavy atom. The smallest absolute Gasteiger partial charge is 0.244 e. The molecule has 0 radical (unpaired) electrons. The molecule has 0 aliphatic carbocycles. The number of carbonyl (C=O) groups is 2. The van der Waals surface area contributed by atoms with Gasteiger partial charge in [0.15, 0.2) is 0 Å². The van der Waals surface area contributed by atoms with E-state index < -0.39 is 0 Å². The fourth-order valence-corrected chi connectivity index (χ4v) is 3.10. The summed E-state index contributed by atoms with van der Waals surface area (Å²) in [6, 6.07) is 21.0. The molecule has 1 heterocycles. The first-order valence-corrected chi connectivity index (χ1v) is 8.51. The Bertz CT molecular complexity index is 984. The molecule has 130 valence electrons. The Morgan fingerprint density at radius 3 is 2.65 bits per heavy atom. The van der Waals surface area contributed by atoms with E-state index in [1.807, 2.05) is 60.7 Å². The third kappa shape index (κ3) is 3.24. The first-order valence-electron chi connectivity index (χ1n) is 8.51. The maximum atomic E-state index is 12.5. The van der Waals surface area contributed by atoms with Crippen molar-refractivity contribution in [2.24, 2.45) is 0 Å². The van der Waals surface area contributed by atoms with Crippen molar-refractivity contribution in [3.05, 3.63) is 66.7 Å². The molecule has 0 fully saturated rings. The SMILES string of the molecule is O=C(CN1C(=O)CCOc2ccccc21)Nc1ccc2ccccc2c1. The van der Waals surface area contributed by atoms with Gasteiger partial charge in [0.25, 0.3) is 0 Å². The lowest BCUT2D eigenvalue weighted by Crippen LogP contribution is -2.37. The van der Waals surface area contributed by atoms with E-state index in [2.05, 4.69) is 5.32 Å². The number of amides is 2. The fraction of sp³-hybridized carbons (Fsp3) is 0.143. The molecule has 1 N–H and O–H groups in total. The lowest BCUT2D eigenvalue weighted by molar-refractivity contribution is -0.121. The van der Waals surface area contributed by atoms with Crippen LogP contribution in [0.15, 0.2) is 66.7 Å². The van der Waals surface area contributed by atoms with Gasteiger partial charge in [-0.2, -0.15) is 0 Å². The third-order valence-electron chi connectivity index (χ3n) is 4.37. The summed E-state index contributed by atoms with van der Waals surface area (Å²) in [4.78, 5) is 26.4. The first-order chi connectivity index (χ1) is 12.7. The number of ether oxygens (including phenoxy) is 1. The number of para-hydroxylation sites is 2. The van der Waals surface area contributed by atoms with E-state index in [9.17, 15) is 9.59 Å². The van der Waals surface area contributed by atoms with E-state index >= 15 is 0 Å². The summed E-state index contributed by atoms with van der Waals surface area (Å²) in [7, 11) is 0. The van der Waals surface area contributed by atoms with Crippen molar-refractivity contribution in [1.29, 1.82) is 0 Å². The second kappa shape index (κ2) is 6.88. The number of carbonyl (C=O) groups excluding carboxylic acids is 2. The van der Waals surface area contributed by atoms with E-state index in [1.165, 1.54) is 4.90 Å². The summed E-state index contributed by atoms with van der Waals surface area (Å²) in [5.41, 5.74) is 1.34. The van der Waals surface area contributed by atoms with E-state index in [-0.39, 0.29) is 24.8 Å². The molecular formula is C21H18N2O3. The lowest BCUT2D eigenvalue weighted by atomic mass is 10.1. The maximum absolute atomic E-state index is 12.5. The molecule has 1 aliphatic heterocycles. The molecular weight excluding hydrogens is 328 g/mol. The molecule has 3 aromatic carbocycles. The van der Waals surface area contributed by atoms with Crippen molar-refractivity contribution in [2.45, 2.75) is 6.42 Å². The number of nitrogens with one attached hydrogen (secondary N) is 1. The van der Waals surface area contributed by atoms with E-state index in [0.717, 1.165) is 10.8 Å².